The minimum atomic E-state index is -0.697. The fourth-order valence-electron chi connectivity index (χ4n) is 11.9. The highest BCUT2D eigenvalue weighted by Gasteiger charge is 2.40. The summed E-state index contributed by atoms with van der Waals surface area (Å²) in [4.78, 5) is 74.5. The van der Waals surface area contributed by atoms with E-state index in [9.17, 15) is 24.3 Å². The summed E-state index contributed by atoms with van der Waals surface area (Å²) in [6, 6.07) is 23.2. The Morgan fingerprint density at radius 2 is 1.56 bits per heavy atom. The number of hydrogen-bond acceptors (Lipinski definition) is 15. The maximum atomic E-state index is 17.0. The van der Waals surface area contributed by atoms with Gasteiger partial charge < -0.3 is 55.3 Å². The number of ether oxygens (including phenoxy) is 3. The summed E-state index contributed by atoms with van der Waals surface area (Å²) in [5.74, 6) is 0.483. The summed E-state index contributed by atoms with van der Waals surface area (Å²) in [5, 5.41) is 23.7. The number of aromatic nitrogens is 3. The Balaban J connectivity index is 0.687. The number of Topliss-reactive ketones (excluding diaryl/α,β-unsaturated/α-hetero) is 1. The number of amides is 4. The van der Waals surface area contributed by atoms with Gasteiger partial charge >= 0.3 is 6.03 Å². The lowest BCUT2D eigenvalue weighted by molar-refractivity contribution is -0.141. The number of hydrogen-bond donors (Lipinski definition) is 4. The van der Waals surface area contributed by atoms with Gasteiger partial charge in [0.15, 0.2) is 5.82 Å². The molecule has 0 bridgehead atoms. The number of halogens is 2. The number of urea groups is 1. The normalized spacial score (nSPS) is 16.6. The van der Waals surface area contributed by atoms with E-state index in [1.807, 2.05) is 71.3 Å². The monoisotopic (exact) mass is 1180 g/mol. The van der Waals surface area contributed by atoms with Crippen molar-refractivity contribution in [2.24, 2.45) is 17.6 Å². The van der Waals surface area contributed by atoms with Crippen molar-refractivity contribution < 1.29 is 42.9 Å². The van der Waals surface area contributed by atoms with Gasteiger partial charge in [0.2, 0.25) is 17.8 Å². The predicted molar refractivity (Wildman–Crippen MR) is 327 cm³/mol. The standard InChI is InChI=1S/C63H74ClFN10O8S/c1-39(67-2)53(77)37-47(40-12-5-4-6-13-40)61(79)75-23-11-18-52(75)60-69-51(38-84-60)45-19-20-54(46-17-10-9-16-44(45)46)83-33-32-82-31-30-81-29-28-72(3)55(78)21-22-68-63-70-58-49(59(71-63)73-24-26-74(27-25-73)62(66)80)36-50(64)56(57(58)65)48-35-42(76)34-41-14-7-8-15-43(41)48/h7-10,14-17,19-20,34-36,38-40,47,52,67,76H,4-6,11-13,18,21-33,37H2,1-3H3,(H2,66,80)(H,68,70,71)/t39-,47-,52-/m0/s1. The lowest BCUT2D eigenvalue weighted by Gasteiger charge is -2.35. The van der Waals surface area contributed by atoms with E-state index in [2.05, 4.69) is 27.1 Å². The number of fused-ring (bicyclic) bond motifs is 3. The molecule has 5 N–H and O–H groups in total. The SMILES string of the molecule is CN[C@@H](C)C(=O)C[C@H](C(=O)N1CCC[C@H]1c1nc(-c2ccc(OCCOCCOCCN(C)C(=O)CCNc3nc(N4CCN(C(N)=O)CC4)c4cc(Cl)c(-c5cc(O)cc6ccccc56)c(F)c4n3)c3ccccc23)cs1)C1CCCCC1. The third-order valence-electron chi connectivity index (χ3n) is 16.7. The second-order valence-electron chi connectivity index (χ2n) is 22.0. The van der Waals surface area contributed by atoms with Crippen LogP contribution in [0.15, 0.2) is 84.2 Å². The molecule has 4 amide bonds. The van der Waals surface area contributed by atoms with E-state index in [0.29, 0.717) is 99.8 Å². The predicted octanol–water partition coefficient (Wildman–Crippen LogP) is 10.2. The third-order valence-corrected chi connectivity index (χ3v) is 18.0. The van der Waals surface area contributed by atoms with Gasteiger partial charge in [-0.2, -0.15) is 4.98 Å². The number of likely N-dealkylation sites (N-methyl/N-ethyl adjacent to an activating group) is 2. The number of carbonyl (C=O) groups is 4. The highest BCUT2D eigenvalue weighted by molar-refractivity contribution is 7.10. The molecule has 21 heteroatoms. The van der Waals surface area contributed by atoms with Gasteiger partial charge in [-0.3, -0.25) is 14.4 Å². The molecular formula is C63H74ClFN10O8S. The van der Waals surface area contributed by atoms with Crippen molar-refractivity contribution >= 4 is 90.8 Å². The van der Waals surface area contributed by atoms with Crippen molar-refractivity contribution in [2.75, 3.05) is 103 Å². The molecule has 444 valence electrons. The fourth-order valence-corrected chi connectivity index (χ4v) is 13.2. The number of carbonyl (C=O) groups excluding carboxylic acids is 4. The fraction of sp³-hybridized carbons (Fsp3) is 0.444. The van der Waals surface area contributed by atoms with Crippen LogP contribution in [0, 0.1) is 17.7 Å². The highest BCUT2D eigenvalue weighted by Crippen LogP contribution is 2.44. The molecule has 5 aromatic carbocycles. The number of phenolic OH excluding ortho intramolecular Hbond substituents is 1. The van der Waals surface area contributed by atoms with Crippen LogP contribution >= 0.6 is 22.9 Å². The van der Waals surface area contributed by atoms with Crippen LogP contribution in [-0.2, 0) is 23.9 Å². The van der Waals surface area contributed by atoms with Gasteiger partial charge in [-0.1, -0.05) is 79.4 Å². The van der Waals surface area contributed by atoms with E-state index in [-0.39, 0.29) is 88.7 Å². The first kappa shape index (κ1) is 59.9. The van der Waals surface area contributed by atoms with Crippen LogP contribution in [0.2, 0.25) is 5.02 Å². The number of primary amides is 1. The van der Waals surface area contributed by atoms with Crippen molar-refractivity contribution in [1.29, 1.82) is 0 Å². The Bertz CT molecular complexity index is 3500. The summed E-state index contributed by atoms with van der Waals surface area (Å²) >= 11 is 8.47. The van der Waals surface area contributed by atoms with E-state index >= 15 is 4.39 Å². The number of nitrogens with two attached hydrogens (primary N) is 1. The Morgan fingerprint density at radius 1 is 0.833 bits per heavy atom. The molecule has 10 rings (SSSR count). The lowest BCUT2D eigenvalue weighted by atomic mass is 9.76. The molecule has 3 fully saturated rings. The molecular weight excluding hydrogens is 1110 g/mol. The Morgan fingerprint density at radius 3 is 2.32 bits per heavy atom. The zero-order valence-corrected chi connectivity index (χ0v) is 49.5. The van der Waals surface area contributed by atoms with Crippen molar-refractivity contribution in [3.05, 3.63) is 100 Å². The van der Waals surface area contributed by atoms with E-state index in [1.165, 1.54) is 17.4 Å². The minimum absolute atomic E-state index is 0.000928. The number of likely N-dealkylation sites (tertiary alicyclic amines) is 1. The zero-order chi connectivity index (χ0) is 58.9. The Kier molecular flexibility index (Phi) is 19.7. The van der Waals surface area contributed by atoms with E-state index in [4.69, 9.17) is 41.5 Å². The molecule has 4 heterocycles. The van der Waals surface area contributed by atoms with Crippen LogP contribution in [0.25, 0.3) is 54.8 Å². The number of nitrogens with one attached hydrogen (secondary N) is 2. The Hall–Kier alpha value is -7.23. The minimum Gasteiger partial charge on any atom is -0.508 e. The van der Waals surface area contributed by atoms with Gasteiger partial charge in [-0.25, -0.2) is 19.2 Å². The molecule has 0 radical (unpaired) electrons. The van der Waals surface area contributed by atoms with Gasteiger partial charge in [0.25, 0.3) is 0 Å². The lowest BCUT2D eigenvalue weighted by Crippen LogP contribution is -2.50. The quantitative estimate of drug-likeness (QED) is 0.0414. The average Bonchev–Trinajstić information content (AvgIpc) is 2.78. The van der Waals surface area contributed by atoms with Crippen molar-refractivity contribution in [2.45, 2.75) is 76.8 Å². The number of benzene rings is 5. The van der Waals surface area contributed by atoms with Gasteiger partial charge in [0.1, 0.15) is 40.2 Å². The van der Waals surface area contributed by atoms with Gasteiger partial charge in [-0.05, 0) is 97.6 Å². The summed E-state index contributed by atoms with van der Waals surface area (Å²) < 4.78 is 34.9. The number of phenols is 1. The largest absolute Gasteiger partial charge is 0.508 e. The zero-order valence-electron chi connectivity index (χ0n) is 47.9. The first-order valence-electron chi connectivity index (χ1n) is 29.2. The van der Waals surface area contributed by atoms with E-state index < -0.39 is 11.8 Å². The number of anilines is 2. The molecule has 2 saturated heterocycles. The highest BCUT2D eigenvalue weighted by atomic mass is 35.5. The number of thiazole rings is 1. The second-order valence-corrected chi connectivity index (χ2v) is 23.3. The number of rotatable bonds is 24. The average molecular weight is 1190 g/mol. The smallest absolute Gasteiger partial charge is 0.314 e. The molecule has 1 aliphatic carbocycles. The van der Waals surface area contributed by atoms with Gasteiger partial charge in [-0.15, -0.1) is 11.3 Å². The van der Waals surface area contributed by atoms with Crippen LogP contribution in [0.5, 0.6) is 11.5 Å². The molecule has 18 nitrogen and oxygen atoms in total. The van der Waals surface area contributed by atoms with Crippen molar-refractivity contribution in [1.82, 2.24) is 35.0 Å². The van der Waals surface area contributed by atoms with Crippen LogP contribution in [0.3, 0.4) is 0 Å². The first-order chi connectivity index (χ1) is 40.8. The van der Waals surface area contributed by atoms with E-state index in [1.54, 1.807) is 42.5 Å². The topological polar surface area (TPSA) is 218 Å². The summed E-state index contributed by atoms with van der Waals surface area (Å²) in [5.41, 5.74) is 7.89. The molecule has 1 saturated carbocycles. The number of nitrogens with zero attached hydrogens (tertiary/aromatic N) is 7. The van der Waals surface area contributed by atoms with Crippen LogP contribution in [0.4, 0.5) is 21.0 Å². The van der Waals surface area contributed by atoms with Gasteiger partial charge in [0.05, 0.1) is 49.2 Å². The molecule has 3 aliphatic rings. The molecule has 2 aromatic heterocycles. The van der Waals surface area contributed by atoms with E-state index in [0.717, 1.165) is 71.3 Å². The number of piperazine rings is 1. The first-order valence-corrected chi connectivity index (χ1v) is 30.5. The molecule has 0 unspecified atom stereocenters. The molecule has 7 aromatic rings. The van der Waals surface area contributed by atoms with Gasteiger partial charge in [0, 0.05) is 98.9 Å². The van der Waals surface area contributed by atoms with Crippen LogP contribution in [0.1, 0.15) is 75.8 Å². The summed E-state index contributed by atoms with van der Waals surface area (Å²) in [6.45, 7) is 6.10. The number of aromatic hydroxyl groups is 1. The van der Waals surface area contributed by atoms with Crippen molar-refractivity contribution in [3.63, 3.8) is 0 Å². The summed E-state index contributed by atoms with van der Waals surface area (Å²) in [7, 11) is 3.49. The van der Waals surface area contributed by atoms with Crippen LogP contribution < -0.4 is 26.0 Å². The summed E-state index contributed by atoms with van der Waals surface area (Å²) in [6.07, 6.45) is 7.51. The van der Waals surface area contributed by atoms with Crippen molar-refractivity contribution in [3.8, 4) is 33.9 Å². The number of ketones is 1. The Labute approximate surface area is 497 Å². The van der Waals surface area contributed by atoms with Crippen LogP contribution in [-0.4, -0.2) is 157 Å². The molecule has 2 aliphatic heterocycles. The molecule has 3 atom stereocenters. The maximum Gasteiger partial charge on any atom is 0.314 e. The second kappa shape index (κ2) is 27.7. The maximum absolute atomic E-state index is 17.0. The molecule has 84 heavy (non-hydrogen) atoms. The molecule has 0 spiro atoms. The third kappa shape index (κ3) is 13.6.